The van der Waals surface area contributed by atoms with Gasteiger partial charge in [0.2, 0.25) is 0 Å². The Morgan fingerprint density at radius 1 is 1.25 bits per heavy atom. The van der Waals surface area contributed by atoms with Gasteiger partial charge in [0.15, 0.2) is 0 Å². The van der Waals surface area contributed by atoms with Crippen molar-refractivity contribution in [3.63, 3.8) is 0 Å². The zero-order valence-electron chi connectivity index (χ0n) is 11.6. The maximum Gasteiger partial charge on any atom is 0.253 e. The molecule has 0 aromatic heterocycles. The van der Waals surface area contributed by atoms with Gasteiger partial charge in [0.25, 0.3) is 5.91 Å². The topological polar surface area (TPSA) is 46.3 Å². The van der Waals surface area contributed by atoms with Gasteiger partial charge in [-0.1, -0.05) is 12.1 Å². The fourth-order valence-electron chi connectivity index (χ4n) is 2.04. The number of carbonyl (C=O) groups is 1. The molecule has 2 aromatic rings. The largest absolute Gasteiger partial charge is 0.399 e. The van der Waals surface area contributed by atoms with Gasteiger partial charge in [0, 0.05) is 24.8 Å². The van der Waals surface area contributed by atoms with Gasteiger partial charge in [-0.2, -0.15) is 0 Å². The summed E-state index contributed by atoms with van der Waals surface area (Å²) in [5, 5.41) is 0. The molecule has 2 N–H and O–H groups in total. The fourth-order valence-corrected chi connectivity index (χ4v) is 2.04. The van der Waals surface area contributed by atoms with Crippen LogP contribution in [0.4, 0.5) is 10.1 Å². The van der Waals surface area contributed by atoms with Crippen LogP contribution in [-0.2, 0) is 6.54 Å². The molecule has 0 radical (unpaired) electrons. The van der Waals surface area contributed by atoms with Crippen LogP contribution in [0, 0.1) is 12.7 Å². The molecule has 0 aliphatic rings. The van der Waals surface area contributed by atoms with Crippen LogP contribution in [0.1, 0.15) is 21.5 Å². The first-order valence-corrected chi connectivity index (χ1v) is 6.33. The van der Waals surface area contributed by atoms with E-state index in [2.05, 4.69) is 0 Å². The molecule has 20 heavy (non-hydrogen) atoms. The Balaban J connectivity index is 2.14. The van der Waals surface area contributed by atoms with E-state index in [0.29, 0.717) is 23.4 Å². The van der Waals surface area contributed by atoms with E-state index in [-0.39, 0.29) is 11.7 Å². The zero-order valence-corrected chi connectivity index (χ0v) is 11.6. The van der Waals surface area contributed by atoms with Crippen LogP contribution in [0.3, 0.4) is 0 Å². The molecule has 104 valence electrons. The van der Waals surface area contributed by atoms with E-state index >= 15 is 0 Å². The molecule has 3 nitrogen and oxygen atoms in total. The van der Waals surface area contributed by atoms with Crippen LogP contribution in [-0.4, -0.2) is 17.9 Å². The number of hydrogen-bond acceptors (Lipinski definition) is 2. The third-order valence-corrected chi connectivity index (χ3v) is 3.12. The highest BCUT2D eigenvalue weighted by atomic mass is 19.1. The van der Waals surface area contributed by atoms with Crippen molar-refractivity contribution in [2.24, 2.45) is 0 Å². The molecule has 0 saturated carbocycles. The highest BCUT2D eigenvalue weighted by molar-refractivity contribution is 5.94. The van der Waals surface area contributed by atoms with E-state index in [1.807, 2.05) is 18.2 Å². The minimum absolute atomic E-state index is 0.143. The van der Waals surface area contributed by atoms with Crippen LogP contribution in [0.15, 0.2) is 42.5 Å². The van der Waals surface area contributed by atoms with E-state index in [4.69, 9.17) is 5.73 Å². The quantitative estimate of drug-likeness (QED) is 0.873. The Hall–Kier alpha value is -2.36. The lowest BCUT2D eigenvalue weighted by Crippen LogP contribution is -2.26. The minimum atomic E-state index is -0.306. The lowest BCUT2D eigenvalue weighted by atomic mass is 10.1. The Labute approximate surface area is 117 Å². The van der Waals surface area contributed by atoms with Gasteiger partial charge in [-0.15, -0.1) is 0 Å². The number of amides is 1. The number of anilines is 1. The fraction of sp³-hybridized carbons (Fsp3) is 0.188. The Kier molecular flexibility index (Phi) is 4.03. The van der Waals surface area contributed by atoms with Crippen molar-refractivity contribution in [1.29, 1.82) is 0 Å². The van der Waals surface area contributed by atoms with Gasteiger partial charge in [0.05, 0.1) is 0 Å². The van der Waals surface area contributed by atoms with Gasteiger partial charge < -0.3 is 10.6 Å². The van der Waals surface area contributed by atoms with Crippen molar-refractivity contribution in [2.75, 3.05) is 12.8 Å². The normalized spacial score (nSPS) is 10.3. The molecule has 0 fully saturated rings. The van der Waals surface area contributed by atoms with Crippen LogP contribution in [0.2, 0.25) is 0 Å². The maximum absolute atomic E-state index is 13.2. The molecule has 0 unspecified atom stereocenters. The molecular formula is C16H17FN2O. The first kappa shape index (κ1) is 14.1. The summed E-state index contributed by atoms with van der Waals surface area (Å²) in [6, 6.07) is 11.8. The van der Waals surface area contributed by atoms with E-state index in [0.717, 1.165) is 5.56 Å². The van der Waals surface area contributed by atoms with Crippen LogP contribution < -0.4 is 5.73 Å². The summed E-state index contributed by atoms with van der Waals surface area (Å²) < 4.78 is 13.2. The summed E-state index contributed by atoms with van der Waals surface area (Å²) in [6.07, 6.45) is 0. The van der Waals surface area contributed by atoms with Crippen molar-refractivity contribution in [1.82, 2.24) is 4.90 Å². The van der Waals surface area contributed by atoms with Gasteiger partial charge in [-0.25, -0.2) is 4.39 Å². The molecule has 2 rings (SSSR count). The number of aryl methyl sites for hydroxylation is 1. The predicted octanol–water partition coefficient (Wildman–Crippen LogP) is 2.99. The van der Waals surface area contributed by atoms with Crippen LogP contribution in [0.5, 0.6) is 0 Å². The molecule has 0 aliphatic heterocycles. The molecule has 2 aromatic carbocycles. The number of nitrogen functional groups attached to an aromatic ring is 1. The van der Waals surface area contributed by atoms with Crippen molar-refractivity contribution in [2.45, 2.75) is 13.5 Å². The monoisotopic (exact) mass is 272 g/mol. The Morgan fingerprint density at radius 2 is 2.00 bits per heavy atom. The summed E-state index contributed by atoms with van der Waals surface area (Å²) in [5.41, 5.74) is 8.29. The minimum Gasteiger partial charge on any atom is -0.399 e. The van der Waals surface area contributed by atoms with E-state index in [9.17, 15) is 9.18 Å². The number of carbonyl (C=O) groups excluding carboxylic acids is 1. The van der Waals surface area contributed by atoms with Gasteiger partial charge in [-0.3, -0.25) is 4.79 Å². The first-order valence-electron chi connectivity index (χ1n) is 6.33. The molecule has 0 aliphatic carbocycles. The van der Waals surface area contributed by atoms with Crippen molar-refractivity contribution in [3.05, 3.63) is 65.0 Å². The summed E-state index contributed by atoms with van der Waals surface area (Å²) >= 11 is 0. The number of rotatable bonds is 3. The van der Waals surface area contributed by atoms with Gasteiger partial charge >= 0.3 is 0 Å². The molecule has 0 atom stereocenters. The second kappa shape index (κ2) is 5.74. The number of halogens is 1. The van der Waals surface area contributed by atoms with Gasteiger partial charge in [-0.05, 0) is 48.4 Å². The lowest BCUT2D eigenvalue weighted by Gasteiger charge is -2.18. The number of benzene rings is 2. The number of nitrogens with two attached hydrogens (primary N) is 1. The van der Waals surface area contributed by atoms with E-state index in [1.54, 1.807) is 31.0 Å². The average Bonchev–Trinajstić information content (AvgIpc) is 2.41. The van der Waals surface area contributed by atoms with Gasteiger partial charge in [0.1, 0.15) is 5.82 Å². The third kappa shape index (κ3) is 3.15. The third-order valence-electron chi connectivity index (χ3n) is 3.12. The first-order chi connectivity index (χ1) is 9.47. The molecular weight excluding hydrogens is 255 g/mol. The predicted molar refractivity (Wildman–Crippen MR) is 77.8 cm³/mol. The summed E-state index contributed by atoms with van der Waals surface area (Å²) in [6.45, 7) is 2.10. The Bertz CT molecular complexity index is 640. The highest BCUT2D eigenvalue weighted by Gasteiger charge is 2.13. The summed E-state index contributed by atoms with van der Waals surface area (Å²) in [5.74, 6) is -0.449. The lowest BCUT2D eigenvalue weighted by molar-refractivity contribution is 0.0785. The molecule has 0 spiro atoms. The summed E-state index contributed by atoms with van der Waals surface area (Å²) in [7, 11) is 1.71. The molecule has 0 bridgehead atoms. The SMILES string of the molecule is Cc1cc(C(=O)N(C)Cc2cccc(N)c2)ccc1F. The molecule has 0 saturated heterocycles. The van der Waals surface area contributed by atoms with Crippen LogP contribution >= 0.6 is 0 Å². The Morgan fingerprint density at radius 3 is 2.65 bits per heavy atom. The van der Waals surface area contributed by atoms with Crippen LogP contribution in [0.25, 0.3) is 0 Å². The van der Waals surface area contributed by atoms with Crippen molar-refractivity contribution < 1.29 is 9.18 Å². The second-order valence-electron chi connectivity index (χ2n) is 4.87. The summed E-state index contributed by atoms with van der Waals surface area (Å²) in [4.78, 5) is 13.9. The highest BCUT2D eigenvalue weighted by Crippen LogP contribution is 2.14. The average molecular weight is 272 g/mol. The maximum atomic E-state index is 13.2. The van der Waals surface area contributed by atoms with E-state index in [1.165, 1.54) is 12.1 Å². The second-order valence-corrected chi connectivity index (χ2v) is 4.87. The molecule has 1 amide bonds. The number of nitrogens with zero attached hydrogens (tertiary/aromatic N) is 1. The molecule has 4 heteroatoms. The number of hydrogen-bond donors (Lipinski definition) is 1. The smallest absolute Gasteiger partial charge is 0.253 e. The van der Waals surface area contributed by atoms with Crippen molar-refractivity contribution in [3.8, 4) is 0 Å². The standard InChI is InChI=1S/C16H17FN2O/c1-11-8-13(6-7-15(11)17)16(20)19(2)10-12-4-3-5-14(18)9-12/h3-9H,10,18H2,1-2H3. The van der Waals surface area contributed by atoms with E-state index < -0.39 is 0 Å². The zero-order chi connectivity index (χ0) is 14.7. The molecule has 0 heterocycles. The van der Waals surface area contributed by atoms with Crippen molar-refractivity contribution >= 4 is 11.6 Å².